The molecule has 0 spiro atoms. The Hall–Kier alpha value is -1.89. The molecule has 140 valence electrons. The van der Waals surface area contributed by atoms with Gasteiger partial charge in [-0.2, -0.15) is 4.72 Å². The van der Waals surface area contributed by atoms with E-state index in [0.29, 0.717) is 5.02 Å². The van der Waals surface area contributed by atoms with Gasteiger partial charge in [-0.1, -0.05) is 43.6 Å². The maximum absolute atomic E-state index is 12.6. The van der Waals surface area contributed by atoms with Gasteiger partial charge >= 0.3 is 0 Å². The van der Waals surface area contributed by atoms with Gasteiger partial charge in [0.2, 0.25) is 15.9 Å². The number of hydrogen-bond donors (Lipinski definition) is 2. The molecular weight excluding hydrogens is 372 g/mol. The number of rotatable bonds is 7. The summed E-state index contributed by atoms with van der Waals surface area (Å²) >= 11 is 5.79. The molecule has 0 heterocycles. The van der Waals surface area contributed by atoms with Crippen LogP contribution in [0.1, 0.15) is 31.9 Å². The number of amides is 1. The van der Waals surface area contributed by atoms with Crippen molar-refractivity contribution < 1.29 is 13.2 Å². The van der Waals surface area contributed by atoms with E-state index in [0.717, 1.165) is 29.7 Å². The van der Waals surface area contributed by atoms with Crippen molar-refractivity contribution in [3.05, 3.63) is 58.6 Å². The average Bonchev–Trinajstić information content (AvgIpc) is 2.61. The minimum absolute atomic E-state index is 0.0600. The van der Waals surface area contributed by atoms with E-state index in [1.165, 1.54) is 31.2 Å². The van der Waals surface area contributed by atoms with Gasteiger partial charge in [0.1, 0.15) is 0 Å². The van der Waals surface area contributed by atoms with Gasteiger partial charge in [0.25, 0.3) is 0 Å². The maximum atomic E-state index is 12.6. The van der Waals surface area contributed by atoms with Crippen molar-refractivity contribution in [3.63, 3.8) is 0 Å². The highest BCUT2D eigenvalue weighted by Crippen LogP contribution is 2.23. The first-order valence-electron chi connectivity index (χ1n) is 8.48. The zero-order valence-corrected chi connectivity index (χ0v) is 16.6. The first-order chi connectivity index (χ1) is 12.3. The van der Waals surface area contributed by atoms with E-state index in [4.69, 9.17) is 11.6 Å². The lowest BCUT2D eigenvalue weighted by molar-refractivity contribution is -0.117. The van der Waals surface area contributed by atoms with Crippen LogP contribution >= 0.6 is 11.6 Å². The van der Waals surface area contributed by atoms with Gasteiger partial charge in [0.15, 0.2) is 0 Å². The summed E-state index contributed by atoms with van der Waals surface area (Å²) in [6.07, 6.45) is 1.54. The Morgan fingerprint density at radius 3 is 2.08 bits per heavy atom. The lowest BCUT2D eigenvalue weighted by atomic mass is 10.0. The summed E-state index contributed by atoms with van der Waals surface area (Å²) in [5.41, 5.74) is 2.80. The number of hydrogen-bond acceptors (Lipinski definition) is 3. The molecule has 0 radical (unpaired) electrons. The van der Waals surface area contributed by atoms with Gasteiger partial charge in [-0.3, -0.25) is 4.79 Å². The predicted molar refractivity (Wildman–Crippen MR) is 105 cm³/mol. The largest absolute Gasteiger partial charge is 0.324 e. The van der Waals surface area contributed by atoms with Crippen LogP contribution in [0.3, 0.4) is 0 Å². The van der Waals surface area contributed by atoms with Crippen LogP contribution in [0.5, 0.6) is 0 Å². The summed E-state index contributed by atoms with van der Waals surface area (Å²) in [5.74, 6) is -0.405. The molecule has 7 heteroatoms. The Bertz CT molecular complexity index is 858. The van der Waals surface area contributed by atoms with Crippen LogP contribution in [0.2, 0.25) is 5.02 Å². The fourth-order valence-corrected chi connectivity index (χ4v) is 3.93. The van der Waals surface area contributed by atoms with Crippen molar-refractivity contribution in [1.29, 1.82) is 0 Å². The average molecular weight is 395 g/mol. The highest BCUT2D eigenvalue weighted by atomic mass is 35.5. The van der Waals surface area contributed by atoms with E-state index in [1.807, 2.05) is 32.0 Å². The fraction of sp³-hybridized carbons (Fsp3) is 0.316. The lowest BCUT2D eigenvalue weighted by Crippen LogP contribution is -2.41. The monoisotopic (exact) mass is 394 g/mol. The van der Waals surface area contributed by atoms with Crippen LogP contribution in [0.25, 0.3) is 0 Å². The van der Waals surface area contributed by atoms with Crippen LogP contribution in [0.4, 0.5) is 5.69 Å². The molecule has 2 aromatic carbocycles. The molecule has 1 amide bonds. The molecular formula is C19H23ClN2O3S. The van der Waals surface area contributed by atoms with E-state index in [-0.39, 0.29) is 4.90 Å². The van der Waals surface area contributed by atoms with Crippen molar-refractivity contribution in [1.82, 2.24) is 4.72 Å². The standard InChI is InChI=1S/C19H23ClN2O3S/c1-4-14-7-6-8-15(5-2)18(14)21-19(23)13(3)22-26(24,25)17-11-9-16(20)10-12-17/h6-13,22H,4-5H2,1-3H3,(H,21,23). The van der Waals surface area contributed by atoms with E-state index in [9.17, 15) is 13.2 Å². The molecule has 2 rings (SSSR count). The third kappa shape index (κ3) is 4.84. The Labute approximate surface area is 159 Å². The number of benzene rings is 2. The summed E-state index contributed by atoms with van der Waals surface area (Å²) in [6.45, 7) is 5.54. The molecule has 5 nitrogen and oxygen atoms in total. The third-order valence-electron chi connectivity index (χ3n) is 4.10. The topological polar surface area (TPSA) is 75.3 Å². The van der Waals surface area contributed by atoms with Crippen LogP contribution in [-0.4, -0.2) is 20.4 Å². The minimum atomic E-state index is -3.81. The van der Waals surface area contributed by atoms with Crippen molar-refractivity contribution >= 4 is 33.2 Å². The number of nitrogens with one attached hydrogen (secondary N) is 2. The molecule has 0 bridgehead atoms. The predicted octanol–water partition coefficient (Wildman–Crippen LogP) is 3.77. The summed E-state index contributed by atoms with van der Waals surface area (Å²) < 4.78 is 27.2. The van der Waals surface area contributed by atoms with Gasteiger partial charge < -0.3 is 5.32 Å². The summed E-state index contributed by atoms with van der Waals surface area (Å²) in [5, 5.41) is 3.32. The second kappa shape index (κ2) is 8.66. The molecule has 0 aliphatic rings. The number of sulfonamides is 1. The van der Waals surface area contributed by atoms with Crippen LogP contribution < -0.4 is 10.0 Å². The molecule has 2 N–H and O–H groups in total. The summed E-state index contributed by atoms with van der Waals surface area (Å²) in [4.78, 5) is 12.6. The number of para-hydroxylation sites is 1. The zero-order chi connectivity index (χ0) is 19.3. The van der Waals surface area contributed by atoms with E-state index < -0.39 is 22.0 Å². The Kier molecular flexibility index (Phi) is 6.81. The van der Waals surface area contributed by atoms with Crippen molar-refractivity contribution in [2.75, 3.05) is 5.32 Å². The van der Waals surface area contributed by atoms with E-state index in [2.05, 4.69) is 10.0 Å². The fourth-order valence-electron chi connectivity index (χ4n) is 2.60. The normalized spacial score (nSPS) is 12.6. The van der Waals surface area contributed by atoms with Crippen molar-refractivity contribution in [2.45, 2.75) is 44.6 Å². The molecule has 0 saturated carbocycles. The van der Waals surface area contributed by atoms with Gasteiger partial charge in [-0.05, 0) is 55.2 Å². The number of anilines is 1. The number of halogens is 1. The van der Waals surface area contributed by atoms with Crippen molar-refractivity contribution in [2.24, 2.45) is 0 Å². The van der Waals surface area contributed by atoms with Crippen molar-refractivity contribution in [3.8, 4) is 0 Å². The molecule has 2 aromatic rings. The van der Waals surface area contributed by atoms with Gasteiger partial charge in [0.05, 0.1) is 10.9 Å². The highest BCUT2D eigenvalue weighted by molar-refractivity contribution is 7.89. The first-order valence-corrected chi connectivity index (χ1v) is 10.3. The minimum Gasteiger partial charge on any atom is -0.324 e. The maximum Gasteiger partial charge on any atom is 0.242 e. The van der Waals surface area contributed by atoms with Gasteiger partial charge in [-0.25, -0.2) is 8.42 Å². The van der Waals surface area contributed by atoms with Crippen LogP contribution in [0, 0.1) is 0 Å². The smallest absolute Gasteiger partial charge is 0.242 e. The number of carbonyl (C=O) groups excluding carboxylic acids is 1. The molecule has 0 aliphatic carbocycles. The van der Waals surface area contributed by atoms with Gasteiger partial charge in [0, 0.05) is 10.7 Å². The second-order valence-corrected chi connectivity index (χ2v) is 8.09. The Morgan fingerprint density at radius 2 is 1.58 bits per heavy atom. The highest BCUT2D eigenvalue weighted by Gasteiger charge is 2.23. The first kappa shape index (κ1) is 20.4. The third-order valence-corrected chi connectivity index (χ3v) is 5.90. The zero-order valence-electron chi connectivity index (χ0n) is 15.0. The van der Waals surface area contributed by atoms with Crippen LogP contribution in [0.15, 0.2) is 47.4 Å². The summed E-state index contributed by atoms with van der Waals surface area (Å²) in [7, 11) is -3.81. The number of aryl methyl sites for hydroxylation is 2. The lowest BCUT2D eigenvalue weighted by Gasteiger charge is -2.18. The van der Waals surface area contributed by atoms with Crippen LogP contribution in [-0.2, 0) is 27.7 Å². The molecule has 0 aliphatic heterocycles. The molecule has 1 unspecified atom stereocenters. The SMILES string of the molecule is CCc1cccc(CC)c1NC(=O)C(C)NS(=O)(=O)c1ccc(Cl)cc1. The molecule has 0 fully saturated rings. The second-order valence-electron chi connectivity index (χ2n) is 5.94. The molecule has 1 atom stereocenters. The Morgan fingerprint density at radius 1 is 1.04 bits per heavy atom. The van der Waals surface area contributed by atoms with E-state index >= 15 is 0 Å². The summed E-state index contributed by atoms with van der Waals surface area (Å²) in [6, 6.07) is 10.7. The molecule has 26 heavy (non-hydrogen) atoms. The molecule has 0 saturated heterocycles. The van der Waals surface area contributed by atoms with E-state index in [1.54, 1.807) is 0 Å². The quantitative estimate of drug-likeness (QED) is 0.750. The Balaban J connectivity index is 2.17. The molecule has 0 aromatic heterocycles. The van der Waals surface area contributed by atoms with Gasteiger partial charge in [-0.15, -0.1) is 0 Å². The number of carbonyl (C=O) groups is 1.